The van der Waals surface area contributed by atoms with Crippen molar-refractivity contribution in [2.45, 2.75) is 12.6 Å². The summed E-state index contributed by atoms with van der Waals surface area (Å²) in [4.78, 5) is 15.9. The van der Waals surface area contributed by atoms with E-state index in [2.05, 4.69) is 4.98 Å². The molecule has 0 aliphatic carbocycles. The van der Waals surface area contributed by atoms with Crippen LogP contribution in [-0.4, -0.2) is 29.1 Å². The van der Waals surface area contributed by atoms with Crippen LogP contribution in [0.1, 0.15) is 12.0 Å². The first kappa shape index (κ1) is 13.9. The number of carboxylic acid groups (broad SMARTS) is 1. The minimum Gasteiger partial charge on any atom is -0.481 e. The number of alkyl halides is 3. The molecule has 1 fully saturated rings. The molecular formula is C11H10ClF3N2O2. The van der Waals surface area contributed by atoms with Crippen molar-refractivity contribution >= 4 is 23.4 Å². The molecule has 104 valence electrons. The standard InChI is InChI=1S/C11H10ClF3N2O2/c12-8-2-7(11(13,14)15)3-16-10(8)17-4-6(5-17)1-9(18)19/h2-3,6H,1,4-5H2,(H,18,19). The first-order chi connectivity index (χ1) is 8.77. The smallest absolute Gasteiger partial charge is 0.417 e. The van der Waals surface area contributed by atoms with Gasteiger partial charge in [-0.1, -0.05) is 11.6 Å². The van der Waals surface area contributed by atoms with Crippen LogP contribution in [0.4, 0.5) is 19.0 Å². The Morgan fingerprint density at radius 1 is 1.53 bits per heavy atom. The van der Waals surface area contributed by atoms with E-state index in [1.54, 1.807) is 4.90 Å². The summed E-state index contributed by atoms with van der Waals surface area (Å²) >= 11 is 5.78. The SMILES string of the molecule is O=C(O)CC1CN(c2ncc(C(F)(F)F)cc2Cl)C1. The third kappa shape index (κ3) is 3.09. The van der Waals surface area contributed by atoms with Crippen molar-refractivity contribution in [2.24, 2.45) is 5.92 Å². The van der Waals surface area contributed by atoms with Crippen molar-refractivity contribution < 1.29 is 23.1 Å². The Balaban J connectivity index is 2.06. The molecule has 0 bridgehead atoms. The molecule has 19 heavy (non-hydrogen) atoms. The number of carbonyl (C=O) groups is 1. The number of rotatable bonds is 3. The van der Waals surface area contributed by atoms with E-state index in [0.717, 1.165) is 12.3 Å². The number of carboxylic acids is 1. The van der Waals surface area contributed by atoms with Crippen molar-refractivity contribution in [2.75, 3.05) is 18.0 Å². The molecule has 1 aliphatic rings. The molecule has 1 aliphatic heterocycles. The lowest BCUT2D eigenvalue weighted by Crippen LogP contribution is -2.48. The van der Waals surface area contributed by atoms with Crippen LogP contribution in [0.2, 0.25) is 5.02 Å². The quantitative estimate of drug-likeness (QED) is 0.931. The molecule has 2 heterocycles. The highest BCUT2D eigenvalue weighted by Gasteiger charge is 2.34. The fourth-order valence-electron chi connectivity index (χ4n) is 1.94. The predicted molar refractivity (Wildman–Crippen MR) is 62.2 cm³/mol. The number of aromatic nitrogens is 1. The Labute approximate surface area is 111 Å². The summed E-state index contributed by atoms with van der Waals surface area (Å²) in [5.74, 6) is -0.648. The molecule has 1 saturated heterocycles. The lowest BCUT2D eigenvalue weighted by molar-refractivity contribution is -0.139. The zero-order valence-corrected chi connectivity index (χ0v) is 10.4. The van der Waals surface area contributed by atoms with Gasteiger partial charge < -0.3 is 10.0 Å². The first-order valence-electron chi connectivity index (χ1n) is 5.47. The molecule has 8 heteroatoms. The van der Waals surface area contributed by atoms with Gasteiger partial charge in [-0.25, -0.2) is 4.98 Å². The normalized spacial score (nSPS) is 16.3. The summed E-state index contributed by atoms with van der Waals surface area (Å²) in [6, 6.07) is 0.828. The van der Waals surface area contributed by atoms with E-state index in [1.807, 2.05) is 0 Å². The lowest BCUT2D eigenvalue weighted by Gasteiger charge is -2.39. The van der Waals surface area contributed by atoms with Gasteiger partial charge >= 0.3 is 12.1 Å². The second kappa shape index (κ2) is 4.88. The van der Waals surface area contributed by atoms with Crippen molar-refractivity contribution in [1.82, 2.24) is 4.98 Å². The van der Waals surface area contributed by atoms with Gasteiger partial charge in [-0.05, 0) is 6.07 Å². The van der Waals surface area contributed by atoms with Gasteiger partial charge in [0.05, 0.1) is 17.0 Å². The summed E-state index contributed by atoms with van der Waals surface area (Å²) < 4.78 is 37.3. The molecule has 0 aromatic carbocycles. The fourth-order valence-corrected chi connectivity index (χ4v) is 2.22. The summed E-state index contributed by atoms with van der Waals surface area (Å²) in [6.45, 7) is 0.870. The molecule has 1 aromatic heterocycles. The van der Waals surface area contributed by atoms with Crippen molar-refractivity contribution in [3.63, 3.8) is 0 Å². The zero-order chi connectivity index (χ0) is 14.2. The molecule has 0 radical (unpaired) electrons. The minimum absolute atomic E-state index is 0.0161. The number of hydrogen-bond donors (Lipinski definition) is 1. The largest absolute Gasteiger partial charge is 0.481 e. The van der Waals surface area contributed by atoms with Gasteiger partial charge in [-0.15, -0.1) is 0 Å². The van der Waals surface area contributed by atoms with Crippen LogP contribution >= 0.6 is 11.6 Å². The van der Waals surface area contributed by atoms with Gasteiger partial charge in [0.1, 0.15) is 5.82 Å². The van der Waals surface area contributed by atoms with E-state index in [1.165, 1.54) is 0 Å². The maximum absolute atomic E-state index is 12.4. The summed E-state index contributed by atoms with van der Waals surface area (Å²) in [7, 11) is 0. The van der Waals surface area contributed by atoms with Crippen LogP contribution in [0.5, 0.6) is 0 Å². The number of hydrogen-bond acceptors (Lipinski definition) is 3. The Kier molecular flexibility index (Phi) is 3.58. The number of pyridine rings is 1. The Bertz CT molecular complexity index is 501. The summed E-state index contributed by atoms with van der Waals surface area (Å²) in [6.07, 6.45) is -3.71. The minimum atomic E-state index is -4.48. The number of halogens is 4. The molecule has 4 nitrogen and oxygen atoms in total. The Hall–Kier alpha value is -1.50. The highest BCUT2D eigenvalue weighted by atomic mass is 35.5. The topological polar surface area (TPSA) is 53.4 Å². The second-order valence-corrected chi connectivity index (χ2v) is 4.80. The van der Waals surface area contributed by atoms with Crippen LogP contribution in [-0.2, 0) is 11.0 Å². The molecule has 0 spiro atoms. The lowest BCUT2D eigenvalue weighted by atomic mass is 9.96. The average molecular weight is 295 g/mol. The van der Waals surface area contributed by atoms with Crippen LogP contribution in [0.25, 0.3) is 0 Å². The van der Waals surface area contributed by atoms with Crippen molar-refractivity contribution in [1.29, 1.82) is 0 Å². The Morgan fingerprint density at radius 2 is 2.16 bits per heavy atom. The van der Waals surface area contributed by atoms with Gasteiger partial charge in [0.25, 0.3) is 0 Å². The van der Waals surface area contributed by atoms with E-state index in [4.69, 9.17) is 16.7 Å². The summed E-state index contributed by atoms with van der Waals surface area (Å²) in [5, 5.41) is 8.52. The van der Waals surface area contributed by atoms with E-state index >= 15 is 0 Å². The van der Waals surface area contributed by atoms with E-state index < -0.39 is 17.7 Å². The van der Waals surface area contributed by atoms with Crippen LogP contribution < -0.4 is 4.90 Å². The molecule has 2 rings (SSSR count). The van der Waals surface area contributed by atoms with Crippen molar-refractivity contribution in [3.8, 4) is 0 Å². The number of nitrogens with zero attached hydrogens (tertiary/aromatic N) is 2. The van der Waals surface area contributed by atoms with E-state index in [9.17, 15) is 18.0 Å². The Morgan fingerprint density at radius 3 is 2.63 bits per heavy atom. The maximum Gasteiger partial charge on any atom is 0.417 e. The van der Waals surface area contributed by atoms with Gasteiger partial charge in [-0.2, -0.15) is 13.2 Å². The first-order valence-corrected chi connectivity index (χ1v) is 5.84. The average Bonchev–Trinajstić information content (AvgIpc) is 2.22. The molecule has 0 saturated carbocycles. The third-order valence-electron chi connectivity index (χ3n) is 2.87. The van der Waals surface area contributed by atoms with E-state index in [-0.39, 0.29) is 23.2 Å². The molecule has 0 unspecified atom stereocenters. The van der Waals surface area contributed by atoms with Crippen molar-refractivity contribution in [3.05, 3.63) is 22.8 Å². The molecule has 1 N–H and O–H groups in total. The van der Waals surface area contributed by atoms with E-state index in [0.29, 0.717) is 13.1 Å². The number of anilines is 1. The summed E-state index contributed by atoms with van der Waals surface area (Å²) in [5.41, 5.74) is -0.899. The predicted octanol–water partition coefficient (Wildman–Crippen LogP) is 2.66. The molecule has 0 atom stereocenters. The highest BCUT2D eigenvalue weighted by molar-refractivity contribution is 6.33. The zero-order valence-electron chi connectivity index (χ0n) is 9.62. The second-order valence-electron chi connectivity index (χ2n) is 4.40. The maximum atomic E-state index is 12.4. The molecule has 1 aromatic rings. The monoisotopic (exact) mass is 294 g/mol. The molecule has 0 amide bonds. The third-order valence-corrected chi connectivity index (χ3v) is 3.15. The van der Waals surface area contributed by atoms with Gasteiger partial charge in [0, 0.05) is 25.2 Å². The number of aliphatic carboxylic acids is 1. The molecular weight excluding hydrogens is 285 g/mol. The van der Waals surface area contributed by atoms with Gasteiger partial charge in [-0.3, -0.25) is 4.79 Å². The highest BCUT2D eigenvalue weighted by Crippen LogP contribution is 2.35. The van der Waals surface area contributed by atoms with Crippen LogP contribution in [0.3, 0.4) is 0 Å². The van der Waals surface area contributed by atoms with Crippen LogP contribution in [0, 0.1) is 5.92 Å². The van der Waals surface area contributed by atoms with Gasteiger partial charge in [0.2, 0.25) is 0 Å². The van der Waals surface area contributed by atoms with Gasteiger partial charge in [0.15, 0.2) is 0 Å². The fraction of sp³-hybridized carbons (Fsp3) is 0.455. The van der Waals surface area contributed by atoms with Crippen LogP contribution in [0.15, 0.2) is 12.3 Å².